The Hall–Kier alpha value is -1.09. The topological polar surface area (TPSA) is 13.1 Å². The molecule has 0 bridgehead atoms. The van der Waals surface area contributed by atoms with Gasteiger partial charge in [0.15, 0.2) is 0 Å². The molecule has 0 fully saturated rings. The van der Waals surface area contributed by atoms with Gasteiger partial charge in [0.25, 0.3) is 0 Å². The quantitative estimate of drug-likeness (QED) is 0.724. The van der Waals surface area contributed by atoms with Crippen LogP contribution in [0.15, 0.2) is 28.7 Å². The van der Waals surface area contributed by atoms with Crippen LogP contribution in [0.2, 0.25) is 0 Å². The molecule has 0 radical (unpaired) electrons. The fourth-order valence-electron chi connectivity index (χ4n) is 1.98. The fraction of sp³-hybridized carbons (Fsp3) is 0.286. The zero-order valence-electron chi connectivity index (χ0n) is 10.1. The van der Waals surface area contributed by atoms with Crippen molar-refractivity contribution in [2.24, 2.45) is 0 Å². The van der Waals surface area contributed by atoms with Crippen molar-refractivity contribution in [3.05, 3.63) is 58.3 Å². The van der Waals surface area contributed by atoms with Crippen LogP contribution in [0.1, 0.15) is 33.0 Å². The molecule has 0 aliphatic heterocycles. The van der Waals surface area contributed by atoms with Crippen LogP contribution in [0.4, 0.5) is 4.39 Å². The van der Waals surface area contributed by atoms with Crippen LogP contribution in [0.25, 0.3) is 0 Å². The van der Waals surface area contributed by atoms with Crippen LogP contribution >= 0.6 is 15.9 Å². The molecule has 1 aromatic carbocycles. The molecule has 3 heteroatoms. The Labute approximate surface area is 109 Å². The van der Waals surface area contributed by atoms with Crippen LogP contribution in [0.3, 0.4) is 0 Å². The molecule has 1 nitrogen and oxygen atoms in total. The summed E-state index contributed by atoms with van der Waals surface area (Å²) in [5, 5.41) is 0. The van der Waals surface area contributed by atoms with E-state index >= 15 is 0 Å². The third-order valence-corrected chi connectivity index (χ3v) is 4.02. The Kier molecular flexibility index (Phi) is 3.38. The van der Waals surface area contributed by atoms with Crippen molar-refractivity contribution in [2.45, 2.75) is 25.6 Å². The van der Waals surface area contributed by atoms with Crippen molar-refractivity contribution in [1.82, 2.24) is 0 Å². The van der Waals surface area contributed by atoms with E-state index in [1.165, 1.54) is 12.1 Å². The molecule has 17 heavy (non-hydrogen) atoms. The van der Waals surface area contributed by atoms with E-state index in [0.717, 1.165) is 28.2 Å². The smallest absolute Gasteiger partial charge is 0.123 e. The molecule has 1 aromatic heterocycles. The van der Waals surface area contributed by atoms with E-state index in [4.69, 9.17) is 4.42 Å². The molecule has 1 atom stereocenters. The lowest BCUT2D eigenvalue weighted by molar-refractivity contribution is 0.500. The maximum atomic E-state index is 12.9. The lowest BCUT2D eigenvalue weighted by Gasteiger charge is -2.10. The number of hydrogen-bond acceptors (Lipinski definition) is 1. The Morgan fingerprint density at radius 2 is 1.65 bits per heavy atom. The largest absolute Gasteiger partial charge is 0.466 e. The summed E-state index contributed by atoms with van der Waals surface area (Å²) in [6, 6.07) is 6.52. The van der Waals surface area contributed by atoms with Gasteiger partial charge >= 0.3 is 0 Å². The van der Waals surface area contributed by atoms with Gasteiger partial charge < -0.3 is 4.42 Å². The lowest BCUT2D eigenvalue weighted by atomic mass is 10.0. The SMILES string of the molecule is Cc1oc(C)c(C(Br)c2ccc(F)cc2)c1C. The molecule has 0 aliphatic carbocycles. The molecule has 0 amide bonds. The fourth-order valence-corrected chi connectivity index (χ4v) is 2.95. The van der Waals surface area contributed by atoms with E-state index in [1.54, 1.807) is 12.1 Å². The first-order valence-electron chi connectivity index (χ1n) is 5.46. The summed E-state index contributed by atoms with van der Waals surface area (Å²) < 4.78 is 18.5. The minimum atomic E-state index is -0.217. The van der Waals surface area contributed by atoms with Crippen molar-refractivity contribution < 1.29 is 8.81 Å². The molecule has 1 unspecified atom stereocenters. The maximum Gasteiger partial charge on any atom is 0.123 e. The van der Waals surface area contributed by atoms with E-state index in [9.17, 15) is 4.39 Å². The van der Waals surface area contributed by atoms with Crippen molar-refractivity contribution in [1.29, 1.82) is 0 Å². The Bertz CT molecular complexity index is 528. The number of hydrogen-bond donors (Lipinski definition) is 0. The standard InChI is InChI=1S/C14H14BrFO/c1-8-9(2)17-10(3)13(8)14(15)11-4-6-12(16)7-5-11/h4-7,14H,1-3H3. The summed E-state index contributed by atoms with van der Waals surface area (Å²) in [6.45, 7) is 5.95. The van der Waals surface area contributed by atoms with Gasteiger partial charge in [-0.1, -0.05) is 28.1 Å². The summed E-state index contributed by atoms with van der Waals surface area (Å²) in [7, 11) is 0. The second kappa shape index (κ2) is 4.65. The second-order valence-corrected chi connectivity index (χ2v) is 5.08. The van der Waals surface area contributed by atoms with Gasteiger partial charge in [-0.05, 0) is 44.0 Å². The predicted molar refractivity (Wildman–Crippen MR) is 70.1 cm³/mol. The van der Waals surface area contributed by atoms with Gasteiger partial charge in [-0.2, -0.15) is 0 Å². The first-order chi connectivity index (χ1) is 8.00. The highest BCUT2D eigenvalue weighted by atomic mass is 79.9. The van der Waals surface area contributed by atoms with Gasteiger partial charge in [-0.3, -0.25) is 0 Å². The molecule has 2 rings (SSSR count). The summed E-state index contributed by atoms with van der Waals surface area (Å²) in [4.78, 5) is 0.0422. The average molecular weight is 297 g/mol. The second-order valence-electron chi connectivity index (χ2n) is 4.17. The highest BCUT2D eigenvalue weighted by Gasteiger charge is 2.20. The molecule has 0 spiro atoms. The molecule has 0 N–H and O–H groups in total. The summed E-state index contributed by atoms with van der Waals surface area (Å²) in [5.41, 5.74) is 3.31. The summed E-state index contributed by atoms with van der Waals surface area (Å²) >= 11 is 3.65. The van der Waals surface area contributed by atoms with E-state index in [-0.39, 0.29) is 10.6 Å². The van der Waals surface area contributed by atoms with E-state index < -0.39 is 0 Å². The molecule has 0 saturated carbocycles. The van der Waals surface area contributed by atoms with Crippen molar-refractivity contribution >= 4 is 15.9 Å². The van der Waals surface area contributed by atoms with Gasteiger partial charge in [0.05, 0.1) is 4.83 Å². The average Bonchev–Trinajstić information content (AvgIpc) is 2.53. The van der Waals surface area contributed by atoms with Gasteiger partial charge in [0, 0.05) is 5.56 Å². The Balaban J connectivity index is 2.43. The van der Waals surface area contributed by atoms with E-state index in [0.29, 0.717) is 0 Å². The number of rotatable bonds is 2. The molecule has 2 aromatic rings. The van der Waals surface area contributed by atoms with Crippen LogP contribution in [0.5, 0.6) is 0 Å². The number of halogens is 2. The Morgan fingerprint density at radius 1 is 1.06 bits per heavy atom. The Morgan fingerprint density at radius 3 is 2.12 bits per heavy atom. The molecule has 90 valence electrons. The van der Waals surface area contributed by atoms with Gasteiger partial charge in [0.2, 0.25) is 0 Å². The normalized spacial score (nSPS) is 12.8. The minimum absolute atomic E-state index is 0.0422. The monoisotopic (exact) mass is 296 g/mol. The summed E-state index contributed by atoms with van der Waals surface area (Å²) in [5.74, 6) is 1.63. The molecular formula is C14H14BrFO. The number of alkyl halides is 1. The third kappa shape index (κ3) is 2.29. The zero-order valence-corrected chi connectivity index (χ0v) is 11.6. The van der Waals surface area contributed by atoms with Gasteiger partial charge in [-0.25, -0.2) is 4.39 Å². The van der Waals surface area contributed by atoms with Crippen LogP contribution in [0, 0.1) is 26.6 Å². The maximum absolute atomic E-state index is 12.9. The summed E-state index contributed by atoms with van der Waals surface area (Å²) in [6.07, 6.45) is 0. The van der Waals surface area contributed by atoms with Gasteiger partial charge in [0.1, 0.15) is 17.3 Å². The van der Waals surface area contributed by atoms with Gasteiger partial charge in [-0.15, -0.1) is 0 Å². The van der Waals surface area contributed by atoms with Crippen LogP contribution < -0.4 is 0 Å². The first-order valence-corrected chi connectivity index (χ1v) is 6.38. The first kappa shape index (κ1) is 12.4. The molecule has 0 aliphatic rings. The number of furan rings is 1. The lowest BCUT2D eigenvalue weighted by Crippen LogP contribution is -1.95. The van der Waals surface area contributed by atoms with E-state index in [2.05, 4.69) is 15.9 Å². The van der Waals surface area contributed by atoms with Crippen molar-refractivity contribution in [3.8, 4) is 0 Å². The van der Waals surface area contributed by atoms with Crippen LogP contribution in [-0.2, 0) is 0 Å². The predicted octanol–water partition coefficient (Wildman–Crippen LogP) is 4.83. The molecule has 0 saturated heterocycles. The van der Waals surface area contributed by atoms with Crippen molar-refractivity contribution in [2.75, 3.05) is 0 Å². The van der Waals surface area contributed by atoms with E-state index in [1.807, 2.05) is 20.8 Å². The number of aryl methyl sites for hydroxylation is 2. The highest BCUT2D eigenvalue weighted by molar-refractivity contribution is 9.09. The number of benzene rings is 1. The third-order valence-electron chi connectivity index (χ3n) is 3.03. The molecule has 1 heterocycles. The minimum Gasteiger partial charge on any atom is -0.466 e. The van der Waals surface area contributed by atoms with Crippen molar-refractivity contribution in [3.63, 3.8) is 0 Å². The van der Waals surface area contributed by atoms with Crippen LogP contribution in [-0.4, -0.2) is 0 Å². The zero-order chi connectivity index (χ0) is 12.6. The molecular weight excluding hydrogens is 283 g/mol. The highest BCUT2D eigenvalue weighted by Crippen LogP contribution is 2.37.